The maximum absolute atomic E-state index is 3.79. The predicted molar refractivity (Wildman–Crippen MR) is 79.3 cm³/mol. The zero-order valence-corrected chi connectivity index (χ0v) is 12.1. The fraction of sp³-hybridized carbons (Fsp3) is 0.250. The second-order valence-electron chi connectivity index (χ2n) is 4.94. The van der Waals surface area contributed by atoms with Gasteiger partial charge in [-0.3, -0.25) is 0 Å². The molecule has 1 aromatic rings. The highest BCUT2D eigenvalue weighted by molar-refractivity contribution is 9.11. The summed E-state index contributed by atoms with van der Waals surface area (Å²) in [7, 11) is 0. The molecular formula is C16H17Br. The van der Waals surface area contributed by atoms with Gasteiger partial charge in [-0.1, -0.05) is 66.7 Å². The summed E-state index contributed by atoms with van der Waals surface area (Å²) in [6, 6.07) is 8.65. The molecule has 1 heteroatoms. The Morgan fingerprint density at radius 1 is 1.29 bits per heavy atom. The van der Waals surface area contributed by atoms with Crippen LogP contribution in [0.15, 0.2) is 53.1 Å². The van der Waals surface area contributed by atoms with E-state index in [0.29, 0.717) is 0 Å². The standard InChI is InChI=1S/C16H17Br/c1-5-12(17)10-15-11(2)13-8-6-7-9-14(13)16(15,3)4/h5-10H,1H2,2-4H3/b12-10+. The Balaban J connectivity index is 2.64. The van der Waals surface area contributed by atoms with E-state index in [2.05, 4.69) is 73.6 Å². The monoisotopic (exact) mass is 288 g/mol. The first kappa shape index (κ1) is 12.4. The summed E-state index contributed by atoms with van der Waals surface area (Å²) in [4.78, 5) is 0. The molecule has 0 amide bonds. The van der Waals surface area contributed by atoms with Gasteiger partial charge < -0.3 is 0 Å². The first-order valence-corrected chi connectivity index (χ1v) is 6.58. The van der Waals surface area contributed by atoms with Gasteiger partial charge in [0.1, 0.15) is 0 Å². The van der Waals surface area contributed by atoms with Crippen molar-refractivity contribution in [1.29, 1.82) is 0 Å². The fourth-order valence-corrected chi connectivity index (χ4v) is 2.83. The second-order valence-corrected chi connectivity index (χ2v) is 5.86. The minimum Gasteiger partial charge on any atom is -0.0979 e. The van der Waals surface area contributed by atoms with Crippen molar-refractivity contribution in [3.8, 4) is 0 Å². The van der Waals surface area contributed by atoms with E-state index in [9.17, 15) is 0 Å². The molecule has 0 aromatic heterocycles. The number of fused-ring (bicyclic) bond motifs is 1. The van der Waals surface area contributed by atoms with Crippen molar-refractivity contribution < 1.29 is 0 Å². The van der Waals surface area contributed by atoms with Crippen LogP contribution in [-0.4, -0.2) is 0 Å². The molecule has 0 N–H and O–H groups in total. The molecule has 0 saturated heterocycles. The summed E-state index contributed by atoms with van der Waals surface area (Å²) in [5.41, 5.74) is 5.58. The van der Waals surface area contributed by atoms with E-state index in [1.54, 1.807) is 0 Å². The summed E-state index contributed by atoms with van der Waals surface area (Å²) in [5, 5.41) is 0. The molecule has 0 unspecified atom stereocenters. The van der Waals surface area contributed by atoms with E-state index in [0.717, 1.165) is 4.48 Å². The van der Waals surface area contributed by atoms with Crippen LogP contribution in [0.1, 0.15) is 31.9 Å². The molecule has 0 atom stereocenters. The zero-order valence-electron chi connectivity index (χ0n) is 10.5. The van der Waals surface area contributed by atoms with Crippen molar-refractivity contribution in [2.24, 2.45) is 0 Å². The van der Waals surface area contributed by atoms with Crippen molar-refractivity contribution in [3.05, 3.63) is 64.2 Å². The number of hydrogen-bond acceptors (Lipinski definition) is 0. The van der Waals surface area contributed by atoms with Crippen molar-refractivity contribution in [2.45, 2.75) is 26.2 Å². The van der Waals surface area contributed by atoms with Crippen LogP contribution in [0.5, 0.6) is 0 Å². The average Bonchev–Trinajstić information content (AvgIpc) is 2.51. The van der Waals surface area contributed by atoms with E-state index < -0.39 is 0 Å². The van der Waals surface area contributed by atoms with E-state index in [1.807, 2.05) is 6.08 Å². The smallest absolute Gasteiger partial charge is 0.0172 e. The lowest BCUT2D eigenvalue weighted by molar-refractivity contribution is 0.654. The van der Waals surface area contributed by atoms with Gasteiger partial charge in [-0.05, 0) is 35.3 Å². The van der Waals surface area contributed by atoms with Crippen LogP contribution < -0.4 is 0 Å². The van der Waals surface area contributed by atoms with Gasteiger partial charge in [-0.15, -0.1) is 0 Å². The third kappa shape index (κ3) is 1.93. The number of halogens is 1. The largest absolute Gasteiger partial charge is 0.0979 e. The van der Waals surface area contributed by atoms with E-state index >= 15 is 0 Å². The Kier molecular flexibility index (Phi) is 3.13. The highest BCUT2D eigenvalue weighted by Crippen LogP contribution is 2.46. The van der Waals surface area contributed by atoms with E-state index in [-0.39, 0.29) is 5.41 Å². The maximum atomic E-state index is 3.79. The highest BCUT2D eigenvalue weighted by atomic mass is 79.9. The normalized spacial score (nSPS) is 18.2. The molecule has 0 heterocycles. The zero-order chi connectivity index (χ0) is 12.6. The number of benzene rings is 1. The molecule has 88 valence electrons. The Morgan fingerprint density at radius 3 is 2.53 bits per heavy atom. The molecule has 0 radical (unpaired) electrons. The molecular weight excluding hydrogens is 272 g/mol. The van der Waals surface area contributed by atoms with Crippen molar-refractivity contribution in [3.63, 3.8) is 0 Å². The predicted octanol–water partition coefficient (Wildman–Crippen LogP) is 5.22. The summed E-state index contributed by atoms with van der Waals surface area (Å²) in [5.74, 6) is 0. The summed E-state index contributed by atoms with van der Waals surface area (Å²) in [6.07, 6.45) is 4.02. The molecule has 0 aliphatic heterocycles. The van der Waals surface area contributed by atoms with E-state index in [4.69, 9.17) is 0 Å². The van der Waals surface area contributed by atoms with Gasteiger partial charge in [0.15, 0.2) is 0 Å². The molecule has 0 nitrogen and oxygen atoms in total. The summed E-state index contributed by atoms with van der Waals surface area (Å²) >= 11 is 3.52. The summed E-state index contributed by atoms with van der Waals surface area (Å²) in [6.45, 7) is 10.5. The average molecular weight is 289 g/mol. The second kappa shape index (κ2) is 4.30. The molecule has 2 rings (SSSR count). The van der Waals surface area contributed by atoms with Crippen LogP contribution in [0.4, 0.5) is 0 Å². The number of hydrogen-bond donors (Lipinski definition) is 0. The first-order chi connectivity index (χ1) is 7.98. The topological polar surface area (TPSA) is 0 Å². The third-order valence-electron chi connectivity index (χ3n) is 3.56. The molecule has 1 aliphatic rings. The van der Waals surface area contributed by atoms with Crippen LogP contribution in [-0.2, 0) is 5.41 Å². The van der Waals surface area contributed by atoms with Crippen molar-refractivity contribution >= 4 is 21.5 Å². The van der Waals surface area contributed by atoms with Crippen LogP contribution in [0, 0.1) is 0 Å². The molecule has 0 saturated carbocycles. The number of allylic oxidation sites excluding steroid dienone is 5. The van der Waals surface area contributed by atoms with Gasteiger partial charge in [0.25, 0.3) is 0 Å². The Bertz CT molecular complexity index is 530. The SMILES string of the molecule is C=C/C(Br)=C\C1=C(C)c2ccccc2C1(C)C. The fourth-order valence-electron chi connectivity index (χ4n) is 2.60. The van der Waals surface area contributed by atoms with Gasteiger partial charge in [-0.25, -0.2) is 0 Å². The maximum Gasteiger partial charge on any atom is 0.0172 e. The van der Waals surface area contributed by atoms with Gasteiger partial charge in [0.05, 0.1) is 0 Å². The van der Waals surface area contributed by atoms with Crippen LogP contribution in [0.3, 0.4) is 0 Å². The van der Waals surface area contributed by atoms with Gasteiger partial charge in [0.2, 0.25) is 0 Å². The van der Waals surface area contributed by atoms with Crippen molar-refractivity contribution in [2.75, 3.05) is 0 Å². The highest BCUT2D eigenvalue weighted by Gasteiger charge is 2.34. The van der Waals surface area contributed by atoms with Crippen LogP contribution >= 0.6 is 15.9 Å². The lowest BCUT2D eigenvalue weighted by Gasteiger charge is -2.23. The molecule has 0 spiro atoms. The van der Waals surface area contributed by atoms with Gasteiger partial charge in [-0.2, -0.15) is 0 Å². The quantitative estimate of drug-likeness (QED) is 0.655. The first-order valence-electron chi connectivity index (χ1n) is 5.79. The van der Waals surface area contributed by atoms with Crippen molar-refractivity contribution in [1.82, 2.24) is 0 Å². The van der Waals surface area contributed by atoms with Crippen LogP contribution in [0.2, 0.25) is 0 Å². The molecule has 17 heavy (non-hydrogen) atoms. The van der Waals surface area contributed by atoms with E-state index in [1.165, 1.54) is 22.3 Å². The minimum absolute atomic E-state index is 0.0721. The third-order valence-corrected chi connectivity index (χ3v) is 4.11. The molecule has 0 fully saturated rings. The summed E-state index contributed by atoms with van der Waals surface area (Å²) < 4.78 is 1.03. The minimum atomic E-state index is 0.0721. The van der Waals surface area contributed by atoms with Gasteiger partial charge in [0, 0.05) is 9.90 Å². The number of rotatable bonds is 2. The molecule has 0 bridgehead atoms. The molecule has 1 aliphatic carbocycles. The van der Waals surface area contributed by atoms with Crippen LogP contribution in [0.25, 0.3) is 5.57 Å². The Hall–Kier alpha value is -1.08. The molecule has 1 aromatic carbocycles. The van der Waals surface area contributed by atoms with Gasteiger partial charge >= 0.3 is 0 Å². The Labute approximate surface area is 112 Å². The Morgan fingerprint density at radius 2 is 1.94 bits per heavy atom. The lowest BCUT2D eigenvalue weighted by Crippen LogP contribution is -2.16. The lowest BCUT2D eigenvalue weighted by atomic mass is 9.81.